The largest absolute Gasteiger partial charge is 0.293 e. The molecule has 2 heterocycles. The number of hydrogen-bond acceptors (Lipinski definition) is 4. The molecular formula is C12H13Br2N3OS. The highest BCUT2D eigenvalue weighted by atomic mass is 79.9. The number of aromatic nitrogens is 3. The van der Waals surface area contributed by atoms with E-state index >= 15 is 0 Å². The Kier molecular flexibility index (Phi) is 4.92. The quantitative estimate of drug-likeness (QED) is 0.706. The lowest BCUT2D eigenvalue weighted by atomic mass is 10.2. The maximum atomic E-state index is 12.2. The van der Waals surface area contributed by atoms with E-state index in [4.69, 9.17) is 0 Å². The summed E-state index contributed by atoms with van der Waals surface area (Å²) in [6.45, 7) is 5.00. The minimum absolute atomic E-state index is 0.0643. The molecule has 2 rings (SSSR count). The fourth-order valence-electron chi connectivity index (χ4n) is 1.64. The number of carbonyl (C=O) groups is 1. The number of carbonyl (C=O) groups excluding carboxylic acids is 1. The Morgan fingerprint density at radius 2 is 2.21 bits per heavy atom. The molecule has 19 heavy (non-hydrogen) atoms. The first-order valence-electron chi connectivity index (χ1n) is 5.82. The van der Waals surface area contributed by atoms with Gasteiger partial charge < -0.3 is 0 Å². The lowest BCUT2D eigenvalue weighted by molar-refractivity contribution is 0.0993. The first-order valence-corrected chi connectivity index (χ1v) is 8.22. The Hall–Kier alpha value is -0.530. The van der Waals surface area contributed by atoms with E-state index in [1.807, 2.05) is 6.07 Å². The van der Waals surface area contributed by atoms with E-state index in [2.05, 4.69) is 55.8 Å². The summed E-state index contributed by atoms with van der Waals surface area (Å²) in [4.78, 5) is 17.1. The molecule has 0 amide bonds. The molecule has 0 radical (unpaired) electrons. The predicted molar refractivity (Wildman–Crippen MR) is 82.6 cm³/mol. The monoisotopic (exact) mass is 405 g/mol. The molecule has 0 aliphatic carbocycles. The molecule has 4 nitrogen and oxygen atoms in total. The van der Waals surface area contributed by atoms with Crippen LogP contribution in [0.4, 0.5) is 0 Å². The molecule has 0 saturated carbocycles. The zero-order valence-electron chi connectivity index (χ0n) is 10.6. The smallest absolute Gasteiger partial charge is 0.180 e. The number of rotatable bonds is 5. The minimum atomic E-state index is 0.0643. The number of thiophene rings is 1. The molecule has 0 saturated heterocycles. The SMILES string of the molecule is CC(C)Cn1ncnc1CC(=O)c1cc(Br)c(Br)s1. The van der Waals surface area contributed by atoms with E-state index in [-0.39, 0.29) is 12.2 Å². The molecule has 0 unspecified atom stereocenters. The van der Waals surface area contributed by atoms with Gasteiger partial charge >= 0.3 is 0 Å². The molecule has 2 aromatic heterocycles. The van der Waals surface area contributed by atoms with Crippen molar-refractivity contribution in [3.05, 3.63) is 31.4 Å². The average molecular weight is 407 g/mol. The Bertz CT molecular complexity index is 572. The van der Waals surface area contributed by atoms with Gasteiger partial charge in [-0.25, -0.2) is 9.67 Å². The Morgan fingerprint density at radius 3 is 2.79 bits per heavy atom. The first-order chi connectivity index (χ1) is 8.97. The third-order valence-corrected chi connectivity index (χ3v) is 5.77. The van der Waals surface area contributed by atoms with Gasteiger partial charge in [0, 0.05) is 11.0 Å². The van der Waals surface area contributed by atoms with Crippen LogP contribution in [0.25, 0.3) is 0 Å². The predicted octanol–water partition coefficient (Wildman–Crippen LogP) is 3.95. The maximum Gasteiger partial charge on any atom is 0.180 e. The highest BCUT2D eigenvalue weighted by Gasteiger charge is 2.16. The van der Waals surface area contributed by atoms with Crippen molar-refractivity contribution in [2.75, 3.05) is 0 Å². The molecule has 0 atom stereocenters. The summed E-state index contributed by atoms with van der Waals surface area (Å²) in [5.74, 6) is 1.26. The van der Waals surface area contributed by atoms with E-state index in [0.717, 1.165) is 25.5 Å². The summed E-state index contributed by atoms with van der Waals surface area (Å²) in [7, 11) is 0. The average Bonchev–Trinajstić information content (AvgIpc) is 2.87. The summed E-state index contributed by atoms with van der Waals surface area (Å²) in [6, 6.07) is 1.83. The van der Waals surface area contributed by atoms with Crippen molar-refractivity contribution in [1.29, 1.82) is 0 Å². The van der Waals surface area contributed by atoms with Gasteiger partial charge in [0.2, 0.25) is 0 Å². The van der Waals surface area contributed by atoms with Gasteiger partial charge in [0.15, 0.2) is 5.78 Å². The van der Waals surface area contributed by atoms with Gasteiger partial charge in [-0.2, -0.15) is 5.10 Å². The van der Waals surface area contributed by atoms with Crippen LogP contribution in [0.3, 0.4) is 0 Å². The lowest BCUT2D eigenvalue weighted by Crippen LogP contribution is -2.13. The van der Waals surface area contributed by atoms with Gasteiger partial charge in [-0.3, -0.25) is 4.79 Å². The zero-order chi connectivity index (χ0) is 14.0. The van der Waals surface area contributed by atoms with Crippen LogP contribution in [-0.2, 0) is 13.0 Å². The van der Waals surface area contributed by atoms with E-state index in [1.165, 1.54) is 17.7 Å². The third kappa shape index (κ3) is 3.73. The molecule has 0 aliphatic heterocycles. The summed E-state index contributed by atoms with van der Waals surface area (Å²) in [5.41, 5.74) is 0. The Morgan fingerprint density at radius 1 is 1.47 bits per heavy atom. The van der Waals surface area contributed by atoms with Crippen molar-refractivity contribution in [3.63, 3.8) is 0 Å². The second-order valence-corrected chi connectivity index (χ2v) is 7.81. The Balaban J connectivity index is 2.13. The van der Waals surface area contributed by atoms with Gasteiger partial charge in [-0.05, 0) is 43.8 Å². The molecule has 0 bridgehead atoms. The van der Waals surface area contributed by atoms with E-state index in [0.29, 0.717) is 5.92 Å². The highest BCUT2D eigenvalue weighted by molar-refractivity contribution is 9.13. The van der Waals surface area contributed by atoms with E-state index in [9.17, 15) is 4.79 Å². The van der Waals surface area contributed by atoms with Crippen molar-refractivity contribution >= 4 is 49.0 Å². The number of hydrogen-bond donors (Lipinski definition) is 0. The van der Waals surface area contributed by atoms with Crippen molar-refractivity contribution < 1.29 is 4.79 Å². The normalized spacial score (nSPS) is 11.2. The number of ketones is 1. The van der Waals surface area contributed by atoms with Crippen molar-refractivity contribution in [2.45, 2.75) is 26.8 Å². The highest BCUT2D eigenvalue weighted by Crippen LogP contribution is 2.32. The third-order valence-electron chi connectivity index (χ3n) is 2.47. The summed E-state index contributed by atoms with van der Waals surface area (Å²) < 4.78 is 3.64. The maximum absolute atomic E-state index is 12.2. The number of halogens is 2. The summed E-state index contributed by atoms with van der Waals surface area (Å²) in [6.07, 6.45) is 1.79. The molecule has 0 N–H and O–H groups in total. The number of Topliss-reactive ketones (excluding diaryl/α,β-unsaturated/α-hetero) is 1. The Labute approximate surface area is 132 Å². The van der Waals surface area contributed by atoms with Gasteiger partial charge in [0.05, 0.1) is 15.1 Å². The van der Waals surface area contributed by atoms with Crippen LogP contribution < -0.4 is 0 Å². The topological polar surface area (TPSA) is 47.8 Å². The van der Waals surface area contributed by atoms with Crippen LogP contribution in [-0.4, -0.2) is 20.5 Å². The molecular weight excluding hydrogens is 394 g/mol. The van der Waals surface area contributed by atoms with Crippen molar-refractivity contribution in [3.8, 4) is 0 Å². The molecule has 0 aromatic carbocycles. The zero-order valence-corrected chi connectivity index (χ0v) is 14.5. The van der Waals surface area contributed by atoms with Gasteiger partial charge in [-0.15, -0.1) is 11.3 Å². The van der Waals surface area contributed by atoms with Crippen LogP contribution in [0, 0.1) is 5.92 Å². The van der Waals surface area contributed by atoms with Gasteiger partial charge in [-0.1, -0.05) is 13.8 Å². The molecule has 7 heteroatoms. The van der Waals surface area contributed by atoms with Crippen LogP contribution in [0.2, 0.25) is 0 Å². The second kappa shape index (κ2) is 6.28. The van der Waals surface area contributed by atoms with Gasteiger partial charge in [0.25, 0.3) is 0 Å². The molecule has 102 valence electrons. The standard InChI is InChI=1S/C12H13Br2N3OS/c1-7(2)5-17-11(15-6-16-17)4-9(18)10-3-8(13)12(14)19-10/h3,6-7H,4-5H2,1-2H3. The fraction of sp³-hybridized carbons (Fsp3) is 0.417. The fourth-order valence-corrected chi connectivity index (χ4v) is 3.61. The van der Waals surface area contributed by atoms with Crippen LogP contribution in [0.5, 0.6) is 0 Å². The van der Waals surface area contributed by atoms with E-state index in [1.54, 1.807) is 4.68 Å². The van der Waals surface area contributed by atoms with Crippen molar-refractivity contribution in [1.82, 2.24) is 14.8 Å². The minimum Gasteiger partial charge on any atom is -0.293 e. The summed E-state index contributed by atoms with van der Waals surface area (Å²) >= 11 is 8.21. The molecule has 2 aromatic rings. The van der Waals surface area contributed by atoms with Crippen molar-refractivity contribution in [2.24, 2.45) is 5.92 Å². The summed E-state index contributed by atoms with van der Waals surface area (Å²) in [5, 5.41) is 4.16. The van der Waals surface area contributed by atoms with Crippen LogP contribution in [0.1, 0.15) is 29.3 Å². The van der Waals surface area contributed by atoms with Crippen LogP contribution in [0.15, 0.2) is 20.7 Å². The molecule has 0 fully saturated rings. The lowest BCUT2D eigenvalue weighted by Gasteiger charge is -2.07. The molecule has 0 aliphatic rings. The first kappa shape index (κ1) is 14.9. The second-order valence-electron chi connectivity index (χ2n) is 4.58. The van der Waals surface area contributed by atoms with E-state index < -0.39 is 0 Å². The van der Waals surface area contributed by atoms with Gasteiger partial charge in [0.1, 0.15) is 12.2 Å². The number of nitrogens with zero attached hydrogens (tertiary/aromatic N) is 3. The van der Waals surface area contributed by atoms with Crippen LogP contribution >= 0.6 is 43.2 Å². The molecule has 0 spiro atoms.